The summed E-state index contributed by atoms with van der Waals surface area (Å²) in [5, 5.41) is 14.4. The second-order valence-electron chi connectivity index (χ2n) is 6.68. The SMILES string of the molecule is CCOC(=O)c1c(-c2ccccc2)oc2ccc(O)c(CCNCc3ncco3)c12. The molecule has 2 N–H and O–H groups in total. The monoisotopic (exact) mass is 406 g/mol. The smallest absolute Gasteiger partial charge is 0.342 e. The zero-order chi connectivity index (χ0) is 20.9. The average Bonchev–Trinajstić information content (AvgIpc) is 3.41. The Hall–Kier alpha value is -3.58. The predicted molar refractivity (Wildman–Crippen MR) is 111 cm³/mol. The molecule has 0 radical (unpaired) electrons. The minimum Gasteiger partial charge on any atom is -0.508 e. The van der Waals surface area contributed by atoms with Crippen LogP contribution in [-0.2, 0) is 17.7 Å². The Morgan fingerprint density at radius 2 is 2.03 bits per heavy atom. The van der Waals surface area contributed by atoms with E-state index in [4.69, 9.17) is 13.6 Å². The molecule has 0 bridgehead atoms. The molecule has 4 aromatic rings. The van der Waals surface area contributed by atoms with E-state index in [1.165, 1.54) is 6.26 Å². The van der Waals surface area contributed by atoms with E-state index in [-0.39, 0.29) is 12.4 Å². The van der Waals surface area contributed by atoms with E-state index < -0.39 is 5.97 Å². The maximum Gasteiger partial charge on any atom is 0.342 e. The Kier molecular flexibility index (Phi) is 5.81. The van der Waals surface area contributed by atoms with Gasteiger partial charge in [-0.15, -0.1) is 0 Å². The van der Waals surface area contributed by atoms with Crippen molar-refractivity contribution in [3.63, 3.8) is 0 Å². The van der Waals surface area contributed by atoms with Crippen molar-refractivity contribution >= 4 is 16.9 Å². The van der Waals surface area contributed by atoms with Crippen molar-refractivity contribution in [1.29, 1.82) is 0 Å². The first-order chi connectivity index (χ1) is 14.7. The molecule has 4 rings (SSSR count). The van der Waals surface area contributed by atoms with E-state index >= 15 is 0 Å². The summed E-state index contributed by atoms with van der Waals surface area (Å²) < 4.78 is 16.6. The maximum absolute atomic E-state index is 12.9. The highest BCUT2D eigenvalue weighted by Crippen LogP contribution is 2.39. The highest BCUT2D eigenvalue weighted by Gasteiger charge is 2.26. The molecule has 0 atom stereocenters. The molecule has 0 aliphatic rings. The molecule has 2 aromatic carbocycles. The van der Waals surface area contributed by atoms with Crippen molar-refractivity contribution in [2.45, 2.75) is 19.9 Å². The molecular weight excluding hydrogens is 384 g/mol. The highest BCUT2D eigenvalue weighted by molar-refractivity contribution is 6.10. The van der Waals surface area contributed by atoms with Crippen molar-refractivity contribution in [3.8, 4) is 17.1 Å². The van der Waals surface area contributed by atoms with Crippen LogP contribution in [0, 0.1) is 0 Å². The van der Waals surface area contributed by atoms with Crippen molar-refractivity contribution < 1.29 is 23.5 Å². The number of carbonyl (C=O) groups excluding carboxylic acids is 1. The van der Waals surface area contributed by atoms with Crippen molar-refractivity contribution in [2.24, 2.45) is 0 Å². The molecule has 30 heavy (non-hydrogen) atoms. The normalized spacial score (nSPS) is 11.1. The number of phenolic OH excluding ortho intramolecular Hbond substituents is 1. The quantitative estimate of drug-likeness (QED) is 0.332. The molecule has 7 nitrogen and oxygen atoms in total. The Labute approximate surface area is 173 Å². The molecule has 2 aromatic heterocycles. The van der Waals surface area contributed by atoms with Crippen molar-refractivity contribution in [2.75, 3.05) is 13.2 Å². The summed E-state index contributed by atoms with van der Waals surface area (Å²) in [5.41, 5.74) is 2.25. The zero-order valence-corrected chi connectivity index (χ0v) is 16.6. The van der Waals surface area contributed by atoms with Gasteiger partial charge < -0.3 is 24.0 Å². The molecule has 0 saturated heterocycles. The fourth-order valence-corrected chi connectivity index (χ4v) is 3.44. The van der Waals surface area contributed by atoms with Crippen LogP contribution in [-0.4, -0.2) is 29.2 Å². The Morgan fingerprint density at radius 3 is 2.77 bits per heavy atom. The summed E-state index contributed by atoms with van der Waals surface area (Å²) in [7, 11) is 0. The molecule has 0 aliphatic heterocycles. The van der Waals surface area contributed by atoms with Crippen LogP contribution in [0.2, 0.25) is 0 Å². The van der Waals surface area contributed by atoms with Crippen LogP contribution >= 0.6 is 0 Å². The number of oxazole rings is 1. The van der Waals surface area contributed by atoms with Crippen molar-refractivity contribution in [3.05, 3.63) is 71.9 Å². The first-order valence-corrected chi connectivity index (χ1v) is 9.78. The van der Waals surface area contributed by atoms with Gasteiger partial charge in [-0.05, 0) is 32.0 Å². The van der Waals surface area contributed by atoms with E-state index in [1.54, 1.807) is 25.3 Å². The summed E-state index contributed by atoms with van der Waals surface area (Å²) in [6, 6.07) is 12.6. The third-order valence-corrected chi connectivity index (χ3v) is 4.77. The van der Waals surface area contributed by atoms with Gasteiger partial charge in [0.25, 0.3) is 0 Å². The lowest BCUT2D eigenvalue weighted by Crippen LogP contribution is -2.17. The number of carbonyl (C=O) groups is 1. The zero-order valence-electron chi connectivity index (χ0n) is 16.6. The number of hydrogen-bond donors (Lipinski definition) is 2. The molecule has 0 amide bonds. The third kappa shape index (κ3) is 3.92. The number of hydrogen-bond acceptors (Lipinski definition) is 7. The second-order valence-corrected chi connectivity index (χ2v) is 6.68. The van der Waals surface area contributed by atoms with Gasteiger partial charge in [-0.1, -0.05) is 30.3 Å². The van der Waals surface area contributed by atoms with Crippen LogP contribution in [0.4, 0.5) is 0 Å². The number of rotatable bonds is 8. The van der Waals surface area contributed by atoms with Crippen LogP contribution in [0.15, 0.2) is 63.8 Å². The van der Waals surface area contributed by atoms with Gasteiger partial charge in [0.2, 0.25) is 5.89 Å². The van der Waals surface area contributed by atoms with Gasteiger partial charge in [0, 0.05) is 16.5 Å². The van der Waals surface area contributed by atoms with E-state index in [2.05, 4.69) is 10.3 Å². The number of phenols is 1. The first kappa shape index (κ1) is 19.7. The number of fused-ring (bicyclic) bond motifs is 1. The molecular formula is C23H22N2O5. The highest BCUT2D eigenvalue weighted by atomic mass is 16.5. The lowest BCUT2D eigenvalue weighted by molar-refractivity contribution is 0.0528. The van der Waals surface area contributed by atoms with Gasteiger partial charge in [0.15, 0.2) is 0 Å². The van der Waals surface area contributed by atoms with Crippen LogP contribution < -0.4 is 5.32 Å². The molecule has 2 heterocycles. The standard InChI is InChI=1S/C23H22N2O5/c1-2-28-23(27)21-20-16(10-11-24-14-19-25-12-13-29-19)17(26)8-9-18(20)30-22(21)15-6-4-3-5-7-15/h3-9,12-13,24,26H,2,10-11,14H2,1H3. The van der Waals surface area contributed by atoms with E-state index in [1.807, 2.05) is 30.3 Å². The number of aromatic hydroxyl groups is 1. The second kappa shape index (κ2) is 8.84. The largest absolute Gasteiger partial charge is 0.508 e. The van der Waals surface area contributed by atoms with Crippen LogP contribution in [0.5, 0.6) is 5.75 Å². The van der Waals surface area contributed by atoms with Gasteiger partial charge in [-0.25, -0.2) is 9.78 Å². The summed E-state index contributed by atoms with van der Waals surface area (Å²) in [5.74, 6) is 0.643. The summed E-state index contributed by atoms with van der Waals surface area (Å²) in [6.45, 7) is 3.01. The first-order valence-electron chi connectivity index (χ1n) is 9.78. The topological polar surface area (TPSA) is 97.7 Å². The molecule has 0 saturated carbocycles. The summed E-state index contributed by atoms with van der Waals surface area (Å²) >= 11 is 0. The number of benzene rings is 2. The van der Waals surface area contributed by atoms with Crippen LogP contribution in [0.25, 0.3) is 22.3 Å². The number of esters is 1. The number of nitrogens with one attached hydrogen (secondary N) is 1. The Morgan fingerprint density at radius 1 is 1.20 bits per heavy atom. The average molecular weight is 406 g/mol. The number of aromatic nitrogens is 1. The minimum atomic E-state index is -0.477. The van der Waals surface area contributed by atoms with E-state index in [0.717, 1.165) is 5.56 Å². The molecule has 0 unspecified atom stereocenters. The van der Waals surface area contributed by atoms with Gasteiger partial charge in [0.05, 0.1) is 19.3 Å². The fraction of sp³-hybridized carbons (Fsp3) is 0.217. The molecule has 0 fully saturated rings. The number of furan rings is 1. The number of ether oxygens (including phenoxy) is 1. The molecule has 0 aliphatic carbocycles. The van der Waals surface area contributed by atoms with Gasteiger partial charge in [0.1, 0.15) is 28.9 Å². The lowest BCUT2D eigenvalue weighted by Gasteiger charge is -2.09. The summed E-state index contributed by atoms with van der Waals surface area (Å²) in [6.07, 6.45) is 3.58. The molecule has 0 spiro atoms. The third-order valence-electron chi connectivity index (χ3n) is 4.77. The van der Waals surface area contributed by atoms with Gasteiger partial charge in [-0.3, -0.25) is 0 Å². The van der Waals surface area contributed by atoms with Crippen molar-refractivity contribution in [1.82, 2.24) is 10.3 Å². The Bertz CT molecular complexity index is 1130. The van der Waals surface area contributed by atoms with Gasteiger partial charge in [-0.2, -0.15) is 0 Å². The Balaban J connectivity index is 1.73. The lowest BCUT2D eigenvalue weighted by atomic mass is 9.99. The fourth-order valence-electron chi connectivity index (χ4n) is 3.44. The minimum absolute atomic E-state index is 0.103. The molecule has 7 heteroatoms. The van der Waals surface area contributed by atoms with E-state index in [9.17, 15) is 9.90 Å². The maximum atomic E-state index is 12.9. The predicted octanol–water partition coefficient (Wildman–Crippen LogP) is 4.30. The van der Waals surface area contributed by atoms with Crippen LogP contribution in [0.3, 0.4) is 0 Å². The summed E-state index contributed by atoms with van der Waals surface area (Å²) in [4.78, 5) is 16.9. The van der Waals surface area contributed by atoms with Crippen LogP contribution in [0.1, 0.15) is 28.7 Å². The molecule has 154 valence electrons. The van der Waals surface area contributed by atoms with Gasteiger partial charge >= 0.3 is 5.97 Å². The van der Waals surface area contributed by atoms with E-state index in [0.29, 0.717) is 53.3 Å². The number of nitrogens with zero attached hydrogens (tertiary/aromatic N) is 1.